The van der Waals surface area contributed by atoms with Crippen molar-refractivity contribution in [2.75, 3.05) is 7.11 Å². The molecule has 0 radical (unpaired) electrons. The van der Waals surface area contributed by atoms with Crippen LogP contribution in [0.25, 0.3) is 0 Å². The predicted octanol–water partition coefficient (Wildman–Crippen LogP) is 1.48. The van der Waals surface area contributed by atoms with Crippen LogP contribution >= 0.6 is 0 Å². The van der Waals surface area contributed by atoms with Gasteiger partial charge in [0, 0.05) is 0 Å². The van der Waals surface area contributed by atoms with E-state index in [1.54, 1.807) is 12.1 Å². The van der Waals surface area contributed by atoms with Crippen molar-refractivity contribution in [3.63, 3.8) is 0 Å². The molecule has 0 aliphatic carbocycles. The maximum Gasteiger partial charge on any atom is 0.241 e. The zero-order chi connectivity index (χ0) is 16.5. The van der Waals surface area contributed by atoms with Crippen molar-refractivity contribution in [1.29, 1.82) is 0 Å². The van der Waals surface area contributed by atoms with Crippen molar-refractivity contribution in [1.82, 2.24) is 0 Å². The number of sulfonamides is 1. The first kappa shape index (κ1) is 16.5. The number of nitrogens with two attached hydrogens (primary N) is 1. The lowest BCUT2D eigenvalue weighted by molar-refractivity contribution is 0.402. The number of aryl methyl sites for hydroxylation is 1. The van der Waals surface area contributed by atoms with Gasteiger partial charge in [-0.1, -0.05) is 17.7 Å². The SMILES string of the molecule is COc1ccc(S(=O)(=O)c2ccc(C)cc2)cc1S(N)(=O)=O. The van der Waals surface area contributed by atoms with Gasteiger partial charge in [-0.3, -0.25) is 0 Å². The predicted molar refractivity (Wildman–Crippen MR) is 81.0 cm³/mol. The first-order chi connectivity index (χ1) is 10.2. The molecule has 0 aliphatic rings. The zero-order valence-corrected chi connectivity index (χ0v) is 13.6. The molecular weight excluding hydrogens is 326 g/mol. The smallest absolute Gasteiger partial charge is 0.241 e. The Hall–Kier alpha value is -1.90. The normalized spacial score (nSPS) is 12.1. The zero-order valence-electron chi connectivity index (χ0n) is 12.0. The summed E-state index contributed by atoms with van der Waals surface area (Å²) in [4.78, 5) is -0.465. The molecule has 2 rings (SSSR count). The van der Waals surface area contributed by atoms with Crippen molar-refractivity contribution >= 4 is 19.9 Å². The van der Waals surface area contributed by atoms with Crippen LogP contribution in [0.4, 0.5) is 0 Å². The molecule has 0 aromatic heterocycles. The minimum atomic E-state index is -4.11. The molecule has 0 bridgehead atoms. The highest BCUT2D eigenvalue weighted by molar-refractivity contribution is 7.91. The Morgan fingerprint density at radius 1 is 0.909 bits per heavy atom. The van der Waals surface area contributed by atoms with Crippen LogP contribution in [0, 0.1) is 6.92 Å². The van der Waals surface area contributed by atoms with Gasteiger partial charge >= 0.3 is 0 Å². The number of ether oxygens (including phenoxy) is 1. The van der Waals surface area contributed by atoms with Gasteiger partial charge in [0.25, 0.3) is 0 Å². The minimum Gasteiger partial charge on any atom is -0.495 e. The van der Waals surface area contributed by atoms with E-state index in [-0.39, 0.29) is 20.4 Å². The number of methoxy groups -OCH3 is 1. The highest BCUT2D eigenvalue weighted by Gasteiger charge is 2.23. The fourth-order valence-electron chi connectivity index (χ4n) is 1.90. The average Bonchev–Trinajstić information content (AvgIpc) is 2.46. The molecule has 0 heterocycles. The molecular formula is C14H15NO5S2. The van der Waals surface area contributed by atoms with Crippen LogP contribution in [-0.4, -0.2) is 23.9 Å². The summed E-state index contributed by atoms with van der Waals surface area (Å²) in [6.07, 6.45) is 0. The molecule has 2 aromatic rings. The van der Waals surface area contributed by atoms with Crippen LogP contribution in [0.2, 0.25) is 0 Å². The summed E-state index contributed by atoms with van der Waals surface area (Å²) in [5.41, 5.74) is 0.916. The Morgan fingerprint density at radius 2 is 1.45 bits per heavy atom. The quantitative estimate of drug-likeness (QED) is 0.907. The molecule has 0 saturated heterocycles. The van der Waals surface area contributed by atoms with Gasteiger partial charge in [-0.2, -0.15) is 0 Å². The van der Waals surface area contributed by atoms with Crippen LogP contribution in [0.3, 0.4) is 0 Å². The molecule has 0 aliphatic heterocycles. The van der Waals surface area contributed by atoms with Crippen LogP contribution in [-0.2, 0) is 19.9 Å². The molecule has 118 valence electrons. The summed E-state index contributed by atoms with van der Waals surface area (Å²) in [5, 5.41) is 5.10. The third-order valence-electron chi connectivity index (χ3n) is 3.08. The molecule has 8 heteroatoms. The molecule has 0 amide bonds. The van der Waals surface area contributed by atoms with Crippen molar-refractivity contribution in [2.45, 2.75) is 21.6 Å². The van der Waals surface area contributed by atoms with E-state index in [1.807, 2.05) is 6.92 Å². The maximum absolute atomic E-state index is 12.5. The van der Waals surface area contributed by atoms with E-state index in [9.17, 15) is 16.8 Å². The van der Waals surface area contributed by atoms with Crippen LogP contribution in [0.1, 0.15) is 5.56 Å². The van der Waals surface area contributed by atoms with Gasteiger partial charge in [0.05, 0.1) is 16.9 Å². The molecule has 0 atom stereocenters. The van der Waals surface area contributed by atoms with Gasteiger partial charge in [-0.25, -0.2) is 22.0 Å². The topological polar surface area (TPSA) is 104 Å². The van der Waals surface area contributed by atoms with Gasteiger partial charge in [-0.05, 0) is 37.3 Å². The lowest BCUT2D eigenvalue weighted by Crippen LogP contribution is -2.14. The molecule has 6 nitrogen and oxygen atoms in total. The van der Waals surface area contributed by atoms with E-state index >= 15 is 0 Å². The first-order valence-electron chi connectivity index (χ1n) is 6.19. The minimum absolute atomic E-state index is 0.00893. The molecule has 2 aromatic carbocycles. The van der Waals surface area contributed by atoms with Gasteiger partial charge in [-0.15, -0.1) is 0 Å². The number of hydrogen-bond donors (Lipinski definition) is 1. The Kier molecular flexibility index (Phi) is 4.28. The van der Waals surface area contributed by atoms with Crippen molar-refractivity contribution in [3.8, 4) is 5.75 Å². The summed E-state index contributed by atoms with van der Waals surface area (Å²) in [6, 6.07) is 9.80. The highest BCUT2D eigenvalue weighted by atomic mass is 32.2. The summed E-state index contributed by atoms with van der Waals surface area (Å²) >= 11 is 0. The summed E-state index contributed by atoms with van der Waals surface area (Å²) in [5.74, 6) is -0.00893. The fraction of sp³-hybridized carbons (Fsp3) is 0.143. The largest absolute Gasteiger partial charge is 0.495 e. The molecule has 2 N–H and O–H groups in total. The van der Waals surface area contributed by atoms with Crippen LogP contribution in [0.15, 0.2) is 57.2 Å². The van der Waals surface area contributed by atoms with Gasteiger partial charge < -0.3 is 4.74 Å². The molecule has 0 saturated carbocycles. The number of rotatable bonds is 4. The first-order valence-corrected chi connectivity index (χ1v) is 9.22. The van der Waals surface area contributed by atoms with Gasteiger partial charge in [0.2, 0.25) is 19.9 Å². The second-order valence-electron chi connectivity index (χ2n) is 4.67. The molecule has 0 fully saturated rings. The number of primary sulfonamides is 1. The number of sulfone groups is 1. The van der Waals surface area contributed by atoms with E-state index < -0.39 is 19.9 Å². The van der Waals surface area contributed by atoms with Crippen LogP contribution < -0.4 is 9.88 Å². The van der Waals surface area contributed by atoms with E-state index in [4.69, 9.17) is 9.88 Å². The second-order valence-corrected chi connectivity index (χ2v) is 8.15. The second kappa shape index (κ2) is 5.71. The lowest BCUT2D eigenvalue weighted by atomic mass is 10.2. The van der Waals surface area contributed by atoms with Crippen molar-refractivity contribution in [2.24, 2.45) is 5.14 Å². The summed E-state index contributed by atoms with van der Waals surface area (Å²) in [7, 11) is -6.67. The summed E-state index contributed by atoms with van der Waals surface area (Å²) < 4.78 is 53.2. The van der Waals surface area contributed by atoms with E-state index in [0.717, 1.165) is 11.6 Å². The van der Waals surface area contributed by atoms with Crippen molar-refractivity contribution in [3.05, 3.63) is 48.0 Å². The molecule has 0 unspecified atom stereocenters. The Bertz CT molecular complexity index is 901. The standard InChI is InChI=1S/C14H15NO5S2/c1-10-3-5-11(6-4-10)21(16,17)12-7-8-13(20-2)14(9-12)22(15,18)19/h3-9H,1-2H3,(H2,15,18,19). The highest BCUT2D eigenvalue weighted by Crippen LogP contribution is 2.29. The number of hydrogen-bond acceptors (Lipinski definition) is 5. The lowest BCUT2D eigenvalue weighted by Gasteiger charge is -2.10. The molecule has 0 spiro atoms. The average molecular weight is 341 g/mol. The summed E-state index contributed by atoms with van der Waals surface area (Å²) in [6.45, 7) is 1.84. The van der Waals surface area contributed by atoms with E-state index in [2.05, 4.69) is 0 Å². The Morgan fingerprint density at radius 3 is 1.95 bits per heavy atom. The Balaban J connectivity index is 2.65. The van der Waals surface area contributed by atoms with Gasteiger partial charge in [0.15, 0.2) is 0 Å². The third kappa shape index (κ3) is 3.13. The monoisotopic (exact) mass is 341 g/mol. The maximum atomic E-state index is 12.5. The Labute approximate surface area is 129 Å². The van der Waals surface area contributed by atoms with E-state index in [0.29, 0.717) is 0 Å². The van der Waals surface area contributed by atoms with Crippen LogP contribution in [0.5, 0.6) is 5.75 Å². The number of benzene rings is 2. The van der Waals surface area contributed by atoms with Crippen molar-refractivity contribution < 1.29 is 21.6 Å². The third-order valence-corrected chi connectivity index (χ3v) is 5.78. The fourth-order valence-corrected chi connectivity index (χ4v) is 3.98. The van der Waals surface area contributed by atoms with Gasteiger partial charge in [0.1, 0.15) is 10.6 Å². The molecule has 22 heavy (non-hydrogen) atoms. The van der Waals surface area contributed by atoms with E-state index in [1.165, 1.54) is 31.4 Å².